The smallest absolute Gasteiger partial charge is 0.487 e. The maximum Gasteiger partial charge on any atom is 0.573 e. The predicted octanol–water partition coefficient (Wildman–Crippen LogP) is 6.11. The maximum absolute atomic E-state index is 13.4. The molecule has 0 saturated carbocycles. The van der Waals surface area contributed by atoms with E-state index in [4.69, 9.17) is 9.47 Å². The highest BCUT2D eigenvalue weighted by molar-refractivity contribution is 6.04. The number of aliphatic carboxylic acids is 1. The van der Waals surface area contributed by atoms with Crippen molar-refractivity contribution < 1.29 is 42.1 Å². The van der Waals surface area contributed by atoms with Crippen molar-refractivity contribution in [3.05, 3.63) is 108 Å². The van der Waals surface area contributed by atoms with Crippen LogP contribution in [0.4, 0.5) is 13.2 Å². The van der Waals surface area contributed by atoms with Gasteiger partial charge >= 0.3 is 12.3 Å². The van der Waals surface area contributed by atoms with Gasteiger partial charge in [0.15, 0.2) is 6.04 Å². The number of rotatable bonds is 11. The molecule has 0 saturated heterocycles. The van der Waals surface area contributed by atoms with E-state index in [1.807, 2.05) is 42.5 Å². The van der Waals surface area contributed by atoms with Gasteiger partial charge in [-0.3, -0.25) is 4.79 Å². The molecule has 0 spiro atoms. The molecular formula is C30H26F3NO6. The second-order valence-electron chi connectivity index (χ2n) is 8.93. The molecule has 2 atom stereocenters. The van der Waals surface area contributed by atoms with E-state index in [1.54, 1.807) is 25.1 Å². The first-order valence-corrected chi connectivity index (χ1v) is 12.3. The molecule has 1 amide bonds. The van der Waals surface area contributed by atoms with Gasteiger partial charge in [-0.1, -0.05) is 72.8 Å². The Labute approximate surface area is 228 Å². The van der Waals surface area contributed by atoms with E-state index in [1.165, 1.54) is 18.2 Å². The molecule has 2 N–H and O–H groups in total. The van der Waals surface area contributed by atoms with Gasteiger partial charge in [0.05, 0.1) is 18.3 Å². The average molecular weight is 554 g/mol. The predicted molar refractivity (Wildman–Crippen MR) is 141 cm³/mol. The molecule has 0 aliphatic rings. The van der Waals surface area contributed by atoms with Gasteiger partial charge in [-0.15, -0.1) is 13.2 Å². The van der Waals surface area contributed by atoms with Gasteiger partial charge in [-0.25, -0.2) is 4.79 Å². The Balaban J connectivity index is 1.53. The highest BCUT2D eigenvalue weighted by Crippen LogP contribution is 2.31. The Bertz CT molecular complexity index is 1460. The van der Waals surface area contributed by atoms with Crippen LogP contribution in [0.25, 0.3) is 10.8 Å². The molecule has 0 radical (unpaired) electrons. The summed E-state index contributed by atoms with van der Waals surface area (Å²) in [6, 6.07) is 23.4. The lowest BCUT2D eigenvalue weighted by Crippen LogP contribution is -2.48. The summed E-state index contributed by atoms with van der Waals surface area (Å²) in [5.74, 6) is -2.12. The van der Waals surface area contributed by atoms with Crippen molar-refractivity contribution in [2.75, 3.05) is 0 Å². The number of carboxylic acid groups (broad SMARTS) is 1. The fourth-order valence-corrected chi connectivity index (χ4v) is 4.02. The van der Waals surface area contributed by atoms with Crippen molar-refractivity contribution in [1.82, 2.24) is 5.32 Å². The van der Waals surface area contributed by atoms with Crippen LogP contribution in [0.1, 0.15) is 28.4 Å². The topological polar surface area (TPSA) is 94.1 Å². The number of fused-ring (bicyclic) bond motifs is 1. The van der Waals surface area contributed by atoms with Gasteiger partial charge in [-0.05, 0) is 41.6 Å². The maximum atomic E-state index is 13.4. The molecule has 208 valence electrons. The number of benzene rings is 4. The lowest BCUT2D eigenvalue weighted by atomic mass is 10.0. The highest BCUT2D eigenvalue weighted by Gasteiger charge is 2.31. The average Bonchev–Trinajstić information content (AvgIpc) is 2.93. The van der Waals surface area contributed by atoms with Crippen LogP contribution in [-0.2, 0) is 22.7 Å². The van der Waals surface area contributed by atoms with E-state index in [0.29, 0.717) is 10.9 Å². The van der Waals surface area contributed by atoms with Crippen LogP contribution in [0.15, 0.2) is 91.0 Å². The van der Waals surface area contributed by atoms with Crippen molar-refractivity contribution in [2.24, 2.45) is 0 Å². The molecule has 4 rings (SSSR count). The molecule has 4 aromatic carbocycles. The van der Waals surface area contributed by atoms with Crippen molar-refractivity contribution >= 4 is 22.6 Å². The minimum absolute atomic E-state index is 0.0699. The monoisotopic (exact) mass is 553 g/mol. The molecule has 0 aliphatic carbocycles. The SMILES string of the molecule is CC(OCc1ccccc1)C(NC(=O)c1ccc2ccccc2c1OCc1ccc(OC(F)(F)F)cc1)C(=O)O. The summed E-state index contributed by atoms with van der Waals surface area (Å²) in [5, 5.41) is 13.7. The fraction of sp³-hybridized carbons (Fsp3) is 0.200. The second-order valence-corrected chi connectivity index (χ2v) is 8.93. The Hall–Kier alpha value is -4.57. The molecule has 0 aromatic heterocycles. The third kappa shape index (κ3) is 7.51. The molecule has 4 aromatic rings. The molecule has 2 unspecified atom stereocenters. The summed E-state index contributed by atoms with van der Waals surface area (Å²) in [4.78, 5) is 25.4. The third-order valence-electron chi connectivity index (χ3n) is 6.04. The molecule has 0 bridgehead atoms. The first-order valence-electron chi connectivity index (χ1n) is 12.3. The number of nitrogens with one attached hydrogen (secondary N) is 1. The Morgan fingerprint density at radius 3 is 2.17 bits per heavy atom. The molecule has 0 heterocycles. The quantitative estimate of drug-likeness (QED) is 0.233. The van der Waals surface area contributed by atoms with Crippen LogP contribution >= 0.6 is 0 Å². The van der Waals surface area contributed by atoms with Crippen molar-refractivity contribution in [2.45, 2.75) is 38.6 Å². The molecular weight excluding hydrogens is 527 g/mol. The lowest BCUT2D eigenvalue weighted by molar-refractivity contribution is -0.274. The van der Waals surface area contributed by atoms with Crippen LogP contribution in [0.2, 0.25) is 0 Å². The van der Waals surface area contributed by atoms with E-state index >= 15 is 0 Å². The summed E-state index contributed by atoms with van der Waals surface area (Å²) in [5.41, 5.74) is 1.48. The van der Waals surface area contributed by atoms with Crippen LogP contribution < -0.4 is 14.8 Å². The Morgan fingerprint density at radius 2 is 1.50 bits per heavy atom. The largest absolute Gasteiger partial charge is 0.573 e. The first kappa shape index (κ1) is 28.4. The van der Waals surface area contributed by atoms with E-state index < -0.39 is 30.4 Å². The van der Waals surface area contributed by atoms with E-state index in [-0.39, 0.29) is 30.3 Å². The van der Waals surface area contributed by atoms with Gasteiger partial charge in [0.1, 0.15) is 18.1 Å². The number of carboxylic acids is 1. The zero-order chi connectivity index (χ0) is 28.7. The molecule has 7 nitrogen and oxygen atoms in total. The molecule has 0 aliphatic heterocycles. The van der Waals surface area contributed by atoms with E-state index in [2.05, 4.69) is 10.1 Å². The fourth-order valence-electron chi connectivity index (χ4n) is 4.02. The van der Waals surface area contributed by atoms with Gasteiger partial charge in [0.25, 0.3) is 5.91 Å². The van der Waals surface area contributed by atoms with Crippen molar-refractivity contribution in [1.29, 1.82) is 0 Å². The second kappa shape index (κ2) is 12.5. The van der Waals surface area contributed by atoms with Crippen LogP contribution in [-0.4, -0.2) is 35.5 Å². The van der Waals surface area contributed by atoms with Gasteiger partial charge < -0.3 is 24.6 Å². The Kier molecular flexibility index (Phi) is 8.90. The number of carbonyl (C=O) groups is 2. The normalized spacial score (nSPS) is 12.9. The van der Waals surface area contributed by atoms with Gasteiger partial charge in [0, 0.05) is 5.39 Å². The summed E-state index contributed by atoms with van der Waals surface area (Å²) in [7, 11) is 0. The minimum atomic E-state index is -4.80. The zero-order valence-electron chi connectivity index (χ0n) is 21.4. The number of halogens is 3. The Morgan fingerprint density at radius 1 is 0.850 bits per heavy atom. The van der Waals surface area contributed by atoms with Crippen molar-refractivity contribution in [3.63, 3.8) is 0 Å². The number of alkyl halides is 3. The van der Waals surface area contributed by atoms with E-state index in [9.17, 15) is 27.9 Å². The van der Waals surface area contributed by atoms with Gasteiger partial charge in [0.2, 0.25) is 0 Å². The number of hydrogen-bond acceptors (Lipinski definition) is 5. The number of ether oxygens (including phenoxy) is 3. The summed E-state index contributed by atoms with van der Waals surface area (Å²) in [6.45, 7) is 1.66. The summed E-state index contributed by atoms with van der Waals surface area (Å²) >= 11 is 0. The zero-order valence-corrected chi connectivity index (χ0v) is 21.4. The van der Waals surface area contributed by atoms with Gasteiger partial charge in [-0.2, -0.15) is 0 Å². The van der Waals surface area contributed by atoms with Crippen LogP contribution in [0.3, 0.4) is 0 Å². The molecule has 0 fully saturated rings. The lowest BCUT2D eigenvalue weighted by Gasteiger charge is -2.23. The summed E-state index contributed by atoms with van der Waals surface area (Å²) in [6.07, 6.45) is -5.66. The van der Waals surface area contributed by atoms with Crippen molar-refractivity contribution in [3.8, 4) is 11.5 Å². The summed E-state index contributed by atoms with van der Waals surface area (Å²) < 4.78 is 53.0. The van der Waals surface area contributed by atoms with Crippen LogP contribution in [0, 0.1) is 0 Å². The van der Waals surface area contributed by atoms with E-state index in [0.717, 1.165) is 23.1 Å². The first-order chi connectivity index (χ1) is 19.1. The number of hydrogen-bond donors (Lipinski definition) is 2. The highest BCUT2D eigenvalue weighted by atomic mass is 19.4. The third-order valence-corrected chi connectivity index (χ3v) is 6.04. The standard InChI is InChI=1S/C30H26F3NO6/c1-19(38-17-20-7-3-2-4-8-20)26(29(36)37)34-28(35)25-16-13-22-9-5-6-10-24(22)27(25)39-18-21-11-14-23(15-12-21)40-30(31,32)33/h2-16,19,26H,17-18H2,1H3,(H,34,35)(H,36,37). The minimum Gasteiger partial charge on any atom is -0.487 e. The molecule has 40 heavy (non-hydrogen) atoms. The number of amides is 1. The van der Waals surface area contributed by atoms with Crippen LogP contribution in [0.5, 0.6) is 11.5 Å². The molecule has 10 heteroatoms. The number of carbonyl (C=O) groups excluding carboxylic acids is 1.